The number of hydrogen-bond donors (Lipinski definition) is 1. The van der Waals surface area contributed by atoms with Crippen LogP contribution in [0.2, 0.25) is 0 Å². The van der Waals surface area contributed by atoms with Gasteiger partial charge in [-0.25, -0.2) is 0 Å². The van der Waals surface area contributed by atoms with Gasteiger partial charge in [-0.05, 0) is 23.8 Å². The largest absolute Gasteiger partial charge is 0.489 e. The molecule has 1 aliphatic rings. The predicted molar refractivity (Wildman–Crippen MR) is 101 cm³/mol. The zero-order valence-corrected chi connectivity index (χ0v) is 15.8. The van der Waals surface area contributed by atoms with Crippen LogP contribution < -0.4 is 9.47 Å². The van der Waals surface area contributed by atoms with Gasteiger partial charge in [-0.2, -0.15) is 8.78 Å². The van der Waals surface area contributed by atoms with E-state index in [-0.39, 0.29) is 24.9 Å². The summed E-state index contributed by atoms with van der Waals surface area (Å²) in [6.45, 7) is -0.400. The second-order valence-electron chi connectivity index (χ2n) is 6.65. The van der Waals surface area contributed by atoms with E-state index >= 15 is 0 Å². The first-order valence-electron chi connectivity index (χ1n) is 9.32. The molecule has 0 radical (unpaired) electrons. The third-order valence-corrected chi connectivity index (χ3v) is 4.63. The number of nitrogens with zero attached hydrogens (tertiary/aromatic N) is 1. The molecule has 1 unspecified atom stereocenters. The van der Waals surface area contributed by atoms with Crippen molar-refractivity contribution in [1.29, 1.82) is 0 Å². The van der Waals surface area contributed by atoms with Crippen LogP contribution in [0.15, 0.2) is 48.5 Å². The summed E-state index contributed by atoms with van der Waals surface area (Å²) in [7, 11) is 0. The highest BCUT2D eigenvalue weighted by Crippen LogP contribution is 2.26. The summed E-state index contributed by atoms with van der Waals surface area (Å²) in [4.78, 5) is 12.8. The quantitative estimate of drug-likeness (QED) is 0.684. The lowest BCUT2D eigenvalue weighted by atomic mass is 10.1. The van der Waals surface area contributed by atoms with Crippen molar-refractivity contribution in [3.8, 4) is 11.5 Å². The Morgan fingerprint density at radius 3 is 2.69 bits per heavy atom. The SMILES string of the molecule is O=C(O)CCN1CCOC(c2ccc(OCc3ccccc3OC(F)F)cc2)C1. The summed E-state index contributed by atoms with van der Waals surface area (Å²) in [5.41, 5.74) is 1.50. The van der Waals surface area contributed by atoms with Crippen LogP contribution >= 0.6 is 0 Å². The number of hydrogen-bond acceptors (Lipinski definition) is 5. The molecule has 0 aliphatic carbocycles. The predicted octanol–water partition coefficient (Wildman–Crippen LogP) is 3.72. The van der Waals surface area contributed by atoms with E-state index in [2.05, 4.69) is 9.64 Å². The fourth-order valence-corrected chi connectivity index (χ4v) is 3.13. The van der Waals surface area contributed by atoms with Crippen molar-refractivity contribution < 1.29 is 32.9 Å². The third-order valence-electron chi connectivity index (χ3n) is 4.63. The lowest BCUT2D eigenvalue weighted by Gasteiger charge is -2.32. The van der Waals surface area contributed by atoms with Crippen molar-refractivity contribution in [2.75, 3.05) is 26.2 Å². The normalized spacial score (nSPS) is 17.3. The standard InChI is InChI=1S/C21H23F2NO5/c22-21(23)29-18-4-2-1-3-16(18)14-28-17-7-5-15(6-8-17)19-13-24(11-12-27-19)10-9-20(25)26/h1-8,19,21H,9-14H2,(H,25,26). The van der Waals surface area contributed by atoms with Crippen molar-refractivity contribution in [3.05, 3.63) is 59.7 Å². The van der Waals surface area contributed by atoms with Crippen LogP contribution in [-0.4, -0.2) is 48.8 Å². The van der Waals surface area contributed by atoms with Crippen LogP contribution in [0, 0.1) is 0 Å². The maximum absolute atomic E-state index is 12.5. The Balaban J connectivity index is 1.56. The third kappa shape index (κ3) is 6.40. The van der Waals surface area contributed by atoms with E-state index in [0.29, 0.717) is 37.6 Å². The summed E-state index contributed by atoms with van der Waals surface area (Å²) in [5.74, 6) is -0.120. The first kappa shape index (κ1) is 21.0. The first-order valence-corrected chi connectivity index (χ1v) is 9.32. The van der Waals surface area contributed by atoms with Gasteiger partial charge in [-0.3, -0.25) is 9.69 Å². The summed E-state index contributed by atoms with van der Waals surface area (Å²) in [6.07, 6.45) is -0.0252. The van der Waals surface area contributed by atoms with E-state index in [1.165, 1.54) is 6.07 Å². The van der Waals surface area contributed by atoms with Crippen molar-refractivity contribution in [1.82, 2.24) is 4.90 Å². The Bertz CT molecular complexity index is 800. The maximum Gasteiger partial charge on any atom is 0.387 e. The molecule has 6 nitrogen and oxygen atoms in total. The molecule has 156 valence electrons. The van der Waals surface area contributed by atoms with Gasteiger partial charge in [0.2, 0.25) is 0 Å². The van der Waals surface area contributed by atoms with Gasteiger partial charge >= 0.3 is 12.6 Å². The second-order valence-corrected chi connectivity index (χ2v) is 6.65. The van der Waals surface area contributed by atoms with E-state index in [9.17, 15) is 13.6 Å². The molecule has 1 saturated heterocycles. The van der Waals surface area contributed by atoms with Gasteiger partial charge in [-0.1, -0.05) is 30.3 Å². The Labute approximate surface area is 167 Å². The summed E-state index contributed by atoms with van der Waals surface area (Å²) in [6, 6.07) is 13.9. The lowest BCUT2D eigenvalue weighted by molar-refractivity contribution is -0.137. The summed E-state index contributed by atoms with van der Waals surface area (Å²) in [5, 5.41) is 8.83. The lowest BCUT2D eigenvalue weighted by Crippen LogP contribution is -2.39. The first-order chi connectivity index (χ1) is 14.0. The van der Waals surface area contributed by atoms with E-state index in [1.54, 1.807) is 30.3 Å². The van der Waals surface area contributed by atoms with Crippen molar-refractivity contribution in [3.63, 3.8) is 0 Å². The number of ether oxygens (including phenoxy) is 3. The molecular formula is C21H23F2NO5. The number of halogens is 2. The fourth-order valence-electron chi connectivity index (χ4n) is 3.13. The van der Waals surface area contributed by atoms with E-state index in [1.807, 2.05) is 12.1 Å². The average Bonchev–Trinajstić information content (AvgIpc) is 2.72. The van der Waals surface area contributed by atoms with Gasteiger partial charge in [0.1, 0.15) is 18.1 Å². The second kappa shape index (κ2) is 10.2. The Hall–Kier alpha value is -2.71. The van der Waals surface area contributed by atoms with E-state index < -0.39 is 12.6 Å². The summed E-state index contributed by atoms with van der Waals surface area (Å²) < 4.78 is 41.0. The van der Waals surface area contributed by atoms with Crippen molar-refractivity contribution >= 4 is 5.97 Å². The Morgan fingerprint density at radius 1 is 1.21 bits per heavy atom. The molecule has 0 aromatic heterocycles. The number of carbonyl (C=O) groups is 1. The zero-order chi connectivity index (χ0) is 20.6. The number of carboxylic acids is 1. The molecule has 3 rings (SSSR count). The zero-order valence-electron chi connectivity index (χ0n) is 15.8. The number of carboxylic acid groups (broad SMARTS) is 1. The Morgan fingerprint density at radius 2 is 1.97 bits per heavy atom. The van der Waals surface area contributed by atoms with Crippen molar-refractivity contribution in [2.24, 2.45) is 0 Å². The van der Waals surface area contributed by atoms with Crippen LogP contribution in [0.5, 0.6) is 11.5 Å². The number of benzene rings is 2. The van der Waals surface area contributed by atoms with E-state index in [0.717, 1.165) is 5.56 Å². The number of aliphatic carboxylic acids is 1. The van der Waals surface area contributed by atoms with Crippen LogP contribution in [0.25, 0.3) is 0 Å². The number of alkyl halides is 2. The van der Waals surface area contributed by atoms with Gasteiger partial charge in [0.15, 0.2) is 0 Å². The van der Waals surface area contributed by atoms with E-state index in [4.69, 9.17) is 14.6 Å². The summed E-state index contributed by atoms with van der Waals surface area (Å²) >= 11 is 0. The minimum atomic E-state index is -2.89. The van der Waals surface area contributed by atoms with Gasteiger partial charge in [0.25, 0.3) is 0 Å². The van der Waals surface area contributed by atoms with Crippen LogP contribution in [0.1, 0.15) is 23.7 Å². The molecular weight excluding hydrogens is 384 g/mol. The van der Waals surface area contributed by atoms with Crippen LogP contribution in [0.4, 0.5) is 8.78 Å². The molecule has 1 N–H and O–H groups in total. The maximum atomic E-state index is 12.5. The van der Waals surface area contributed by atoms with Gasteiger partial charge in [0.05, 0.1) is 19.1 Å². The molecule has 1 atom stereocenters. The molecule has 0 amide bonds. The molecule has 2 aromatic rings. The highest BCUT2D eigenvalue weighted by molar-refractivity contribution is 5.66. The van der Waals surface area contributed by atoms with Crippen LogP contribution in [0.3, 0.4) is 0 Å². The highest BCUT2D eigenvalue weighted by Gasteiger charge is 2.22. The Kier molecular flexibility index (Phi) is 7.37. The monoisotopic (exact) mass is 407 g/mol. The number of morpholine rings is 1. The number of rotatable bonds is 9. The molecule has 2 aromatic carbocycles. The molecule has 1 heterocycles. The van der Waals surface area contributed by atoms with Crippen LogP contribution in [-0.2, 0) is 16.1 Å². The molecule has 0 saturated carbocycles. The highest BCUT2D eigenvalue weighted by atomic mass is 19.3. The van der Waals surface area contributed by atoms with Gasteiger partial charge in [-0.15, -0.1) is 0 Å². The molecule has 8 heteroatoms. The fraction of sp³-hybridized carbons (Fsp3) is 0.381. The van der Waals surface area contributed by atoms with Crippen molar-refractivity contribution in [2.45, 2.75) is 25.7 Å². The topological polar surface area (TPSA) is 68.2 Å². The smallest absolute Gasteiger partial charge is 0.387 e. The number of para-hydroxylation sites is 1. The molecule has 1 fully saturated rings. The minimum Gasteiger partial charge on any atom is -0.489 e. The minimum absolute atomic E-state index is 0.0937. The molecule has 0 spiro atoms. The molecule has 0 bridgehead atoms. The average molecular weight is 407 g/mol. The molecule has 1 aliphatic heterocycles. The van der Waals surface area contributed by atoms with Gasteiger partial charge < -0.3 is 19.3 Å². The molecule has 29 heavy (non-hydrogen) atoms. The van der Waals surface area contributed by atoms with Gasteiger partial charge in [0, 0.05) is 25.2 Å².